The summed E-state index contributed by atoms with van der Waals surface area (Å²) in [6.45, 7) is 1.93. The number of carbonyl (C=O) groups excluding carboxylic acids is 1. The molecule has 4 aromatic rings. The summed E-state index contributed by atoms with van der Waals surface area (Å²) in [6, 6.07) is 17.3. The minimum atomic E-state index is -0.141. The van der Waals surface area contributed by atoms with Gasteiger partial charge in [0.1, 0.15) is 5.01 Å². The van der Waals surface area contributed by atoms with Gasteiger partial charge in [0.05, 0.1) is 20.0 Å². The van der Waals surface area contributed by atoms with Gasteiger partial charge in [-0.2, -0.15) is 0 Å². The van der Waals surface area contributed by atoms with E-state index in [1.807, 2.05) is 49.4 Å². The third-order valence-electron chi connectivity index (χ3n) is 3.76. The fraction of sp³-hybridized carbons (Fsp3) is 0.0526. The van der Waals surface area contributed by atoms with E-state index in [4.69, 9.17) is 11.6 Å². The quantitative estimate of drug-likeness (QED) is 0.454. The summed E-state index contributed by atoms with van der Waals surface area (Å²) in [4.78, 5) is 18.7. The van der Waals surface area contributed by atoms with Gasteiger partial charge in [0, 0.05) is 10.7 Å². The number of thiazole rings is 1. The summed E-state index contributed by atoms with van der Waals surface area (Å²) >= 11 is 9.18. The number of nitrogens with one attached hydrogen (secondary N) is 1. The number of aryl methyl sites for hydroxylation is 1. The van der Waals surface area contributed by atoms with E-state index in [-0.39, 0.29) is 5.91 Å². The Balaban J connectivity index is 1.57. The van der Waals surface area contributed by atoms with Crippen LogP contribution in [0.2, 0.25) is 5.02 Å². The number of hydrogen-bond donors (Lipinski definition) is 1. The third-order valence-corrected chi connectivity index (χ3v) is 6.46. The van der Waals surface area contributed by atoms with Crippen LogP contribution in [0.3, 0.4) is 0 Å². The first kappa shape index (κ1) is 16.3. The van der Waals surface area contributed by atoms with Crippen LogP contribution in [0.1, 0.15) is 15.2 Å². The molecule has 0 saturated heterocycles. The first-order chi connectivity index (χ1) is 12.1. The largest absolute Gasteiger partial charge is 0.321 e. The molecule has 2 aromatic heterocycles. The molecular weight excluding hydrogens is 372 g/mol. The Kier molecular flexibility index (Phi) is 4.29. The first-order valence-electron chi connectivity index (χ1n) is 7.63. The lowest BCUT2D eigenvalue weighted by Gasteiger charge is -2.05. The second-order valence-corrected chi connectivity index (χ2v) is 8.09. The minimum absolute atomic E-state index is 0.141. The highest BCUT2D eigenvalue weighted by Gasteiger charge is 2.13. The van der Waals surface area contributed by atoms with Gasteiger partial charge in [0.25, 0.3) is 5.91 Å². The Bertz CT molecular complexity index is 1050. The van der Waals surface area contributed by atoms with Crippen LogP contribution in [0, 0.1) is 6.92 Å². The number of halogens is 1. The Morgan fingerprint density at radius 2 is 1.92 bits per heavy atom. The highest BCUT2D eigenvalue weighted by molar-refractivity contribution is 7.26. The molecule has 0 saturated carbocycles. The lowest BCUT2D eigenvalue weighted by Crippen LogP contribution is -2.09. The molecule has 1 N–H and O–H groups in total. The number of rotatable bonds is 3. The maximum absolute atomic E-state index is 12.5. The van der Waals surface area contributed by atoms with E-state index in [1.54, 1.807) is 17.4 Å². The molecule has 25 heavy (non-hydrogen) atoms. The van der Waals surface area contributed by atoms with Gasteiger partial charge in [-0.15, -0.1) is 22.7 Å². The Labute approximate surface area is 157 Å². The summed E-state index contributed by atoms with van der Waals surface area (Å²) < 4.78 is 1.14. The van der Waals surface area contributed by atoms with Crippen LogP contribution in [0.5, 0.6) is 0 Å². The van der Waals surface area contributed by atoms with Crippen LogP contribution in [0.25, 0.3) is 20.1 Å². The Morgan fingerprint density at radius 1 is 1.08 bits per heavy atom. The van der Waals surface area contributed by atoms with Crippen molar-refractivity contribution in [2.45, 2.75) is 6.92 Å². The van der Waals surface area contributed by atoms with Crippen molar-refractivity contribution in [1.29, 1.82) is 0 Å². The average Bonchev–Trinajstić information content (AvgIpc) is 3.24. The van der Waals surface area contributed by atoms with Crippen LogP contribution in [0.4, 0.5) is 5.69 Å². The van der Waals surface area contributed by atoms with Crippen molar-refractivity contribution in [3.05, 3.63) is 70.1 Å². The smallest absolute Gasteiger partial charge is 0.265 e. The number of amides is 1. The zero-order valence-corrected chi connectivity index (χ0v) is 15.6. The van der Waals surface area contributed by atoms with Gasteiger partial charge in [0.15, 0.2) is 0 Å². The van der Waals surface area contributed by atoms with Crippen molar-refractivity contribution in [2.24, 2.45) is 0 Å². The standard InChI is InChI=1S/C19H13ClN2OS2/c1-11-6-7-12(10-13(11)20)21-18(23)16-8-9-17(24-16)19-22-14-4-2-3-5-15(14)25-19/h2-10H,1H3,(H,21,23). The molecule has 0 spiro atoms. The summed E-state index contributed by atoms with van der Waals surface area (Å²) in [5.41, 5.74) is 2.65. The van der Waals surface area contributed by atoms with Gasteiger partial charge in [-0.05, 0) is 48.9 Å². The van der Waals surface area contributed by atoms with Crippen LogP contribution < -0.4 is 5.32 Å². The molecule has 0 bridgehead atoms. The molecule has 0 unspecified atom stereocenters. The first-order valence-corrected chi connectivity index (χ1v) is 9.64. The summed E-state index contributed by atoms with van der Waals surface area (Å²) in [5.74, 6) is -0.141. The lowest BCUT2D eigenvalue weighted by molar-refractivity contribution is 0.103. The van der Waals surface area contributed by atoms with Crippen molar-refractivity contribution in [1.82, 2.24) is 4.98 Å². The molecule has 2 aromatic carbocycles. The van der Waals surface area contributed by atoms with Crippen molar-refractivity contribution in [2.75, 3.05) is 5.32 Å². The van der Waals surface area contributed by atoms with Gasteiger partial charge in [0.2, 0.25) is 0 Å². The SMILES string of the molecule is Cc1ccc(NC(=O)c2ccc(-c3nc4ccccc4s3)s2)cc1Cl. The molecule has 0 fully saturated rings. The average molecular weight is 385 g/mol. The van der Waals surface area contributed by atoms with Crippen LogP contribution in [-0.4, -0.2) is 10.9 Å². The molecule has 0 aliphatic rings. The van der Waals surface area contributed by atoms with Gasteiger partial charge in [-0.25, -0.2) is 4.98 Å². The molecule has 1 amide bonds. The predicted molar refractivity (Wildman–Crippen MR) is 107 cm³/mol. The summed E-state index contributed by atoms with van der Waals surface area (Å²) in [7, 11) is 0. The molecule has 0 aliphatic heterocycles. The monoisotopic (exact) mass is 384 g/mol. The number of anilines is 1. The van der Waals surface area contributed by atoms with E-state index in [0.717, 1.165) is 25.7 Å². The predicted octanol–water partition coefficient (Wildman–Crippen LogP) is 6.24. The highest BCUT2D eigenvalue weighted by atomic mass is 35.5. The topological polar surface area (TPSA) is 42.0 Å². The number of benzene rings is 2. The molecule has 6 heteroatoms. The lowest BCUT2D eigenvalue weighted by atomic mass is 10.2. The Hall–Kier alpha value is -2.21. The summed E-state index contributed by atoms with van der Waals surface area (Å²) in [6.07, 6.45) is 0. The second-order valence-electron chi connectivity index (χ2n) is 5.57. The number of fused-ring (bicyclic) bond motifs is 1. The van der Waals surface area contributed by atoms with E-state index < -0.39 is 0 Å². The highest BCUT2D eigenvalue weighted by Crippen LogP contribution is 2.34. The van der Waals surface area contributed by atoms with Gasteiger partial charge in [-0.1, -0.05) is 29.8 Å². The molecule has 124 valence electrons. The molecule has 3 nitrogen and oxygen atoms in total. The van der Waals surface area contributed by atoms with E-state index in [1.165, 1.54) is 11.3 Å². The maximum Gasteiger partial charge on any atom is 0.265 e. The molecule has 0 aliphatic carbocycles. The van der Waals surface area contributed by atoms with Gasteiger partial charge >= 0.3 is 0 Å². The molecule has 0 radical (unpaired) electrons. The van der Waals surface area contributed by atoms with Crippen molar-refractivity contribution in [3.63, 3.8) is 0 Å². The second kappa shape index (κ2) is 6.59. The van der Waals surface area contributed by atoms with E-state index in [2.05, 4.69) is 16.4 Å². The summed E-state index contributed by atoms with van der Waals surface area (Å²) in [5, 5.41) is 4.46. The van der Waals surface area contributed by atoms with E-state index in [0.29, 0.717) is 15.6 Å². The number of hydrogen-bond acceptors (Lipinski definition) is 4. The van der Waals surface area contributed by atoms with Gasteiger partial charge in [-0.3, -0.25) is 4.79 Å². The third kappa shape index (κ3) is 3.31. The molecule has 2 heterocycles. The van der Waals surface area contributed by atoms with E-state index >= 15 is 0 Å². The van der Waals surface area contributed by atoms with Crippen LogP contribution >= 0.6 is 34.3 Å². The fourth-order valence-corrected chi connectivity index (χ4v) is 4.52. The molecule has 4 rings (SSSR count). The molecule has 0 atom stereocenters. The number of carbonyl (C=O) groups is 1. The molecular formula is C19H13ClN2OS2. The zero-order chi connectivity index (χ0) is 17.4. The van der Waals surface area contributed by atoms with Gasteiger partial charge < -0.3 is 5.32 Å². The van der Waals surface area contributed by atoms with Crippen molar-refractivity contribution >= 4 is 56.1 Å². The van der Waals surface area contributed by atoms with E-state index in [9.17, 15) is 4.79 Å². The number of aromatic nitrogens is 1. The normalized spacial score (nSPS) is 11.0. The maximum atomic E-state index is 12.5. The minimum Gasteiger partial charge on any atom is -0.321 e. The number of para-hydroxylation sites is 1. The van der Waals surface area contributed by atoms with Crippen LogP contribution in [-0.2, 0) is 0 Å². The number of nitrogens with zero attached hydrogens (tertiary/aromatic N) is 1. The Morgan fingerprint density at radius 3 is 2.72 bits per heavy atom. The van der Waals surface area contributed by atoms with Crippen LogP contribution in [0.15, 0.2) is 54.6 Å². The van der Waals surface area contributed by atoms with Crippen molar-refractivity contribution < 1.29 is 4.79 Å². The fourth-order valence-electron chi connectivity index (χ4n) is 2.42. The zero-order valence-electron chi connectivity index (χ0n) is 13.2. The van der Waals surface area contributed by atoms with Crippen molar-refractivity contribution in [3.8, 4) is 9.88 Å². The number of thiophene rings is 1.